The Morgan fingerprint density at radius 2 is 2.00 bits per heavy atom. The molecule has 18 heavy (non-hydrogen) atoms. The maximum absolute atomic E-state index is 12.6. The number of likely N-dealkylation sites (tertiary alicyclic amines) is 1. The van der Waals surface area contributed by atoms with Crippen LogP contribution in [0.25, 0.3) is 0 Å². The van der Waals surface area contributed by atoms with Crippen LogP contribution in [0.3, 0.4) is 0 Å². The van der Waals surface area contributed by atoms with Gasteiger partial charge in [0, 0.05) is 12.6 Å². The molecule has 1 saturated carbocycles. The van der Waals surface area contributed by atoms with Crippen molar-refractivity contribution in [2.75, 3.05) is 6.54 Å². The average Bonchev–Trinajstić information content (AvgIpc) is 2.28. The Hall–Kier alpha value is -1.06. The highest BCUT2D eigenvalue weighted by Crippen LogP contribution is 2.44. The van der Waals surface area contributed by atoms with E-state index in [0.717, 1.165) is 45.1 Å². The average molecular weight is 253 g/mol. The lowest BCUT2D eigenvalue weighted by molar-refractivity contribution is -0.169. The highest BCUT2D eigenvalue weighted by atomic mass is 16.4. The highest BCUT2D eigenvalue weighted by Gasteiger charge is 2.53. The number of hydrogen-bond acceptors (Lipinski definition) is 2. The minimum atomic E-state index is -1.08. The summed E-state index contributed by atoms with van der Waals surface area (Å²) in [5, 5.41) is 9.35. The number of carbonyl (C=O) groups is 2. The maximum Gasteiger partial charge on any atom is 0.319 e. The normalized spacial score (nSPS) is 26.5. The number of rotatable bonds is 4. The number of aliphatic carboxylic acids is 1. The monoisotopic (exact) mass is 253 g/mol. The van der Waals surface area contributed by atoms with Crippen LogP contribution in [0, 0.1) is 5.41 Å². The summed E-state index contributed by atoms with van der Waals surface area (Å²) >= 11 is 0. The zero-order chi connectivity index (χ0) is 13.2. The molecule has 1 unspecified atom stereocenters. The van der Waals surface area contributed by atoms with Crippen molar-refractivity contribution in [2.24, 2.45) is 5.41 Å². The third-order valence-corrected chi connectivity index (χ3v) is 4.54. The van der Waals surface area contributed by atoms with E-state index < -0.39 is 11.4 Å². The van der Waals surface area contributed by atoms with Crippen LogP contribution in [0.2, 0.25) is 0 Å². The van der Waals surface area contributed by atoms with E-state index in [0.29, 0.717) is 12.8 Å². The number of hydrogen-bond donors (Lipinski definition) is 1. The van der Waals surface area contributed by atoms with E-state index in [1.807, 2.05) is 4.90 Å². The van der Waals surface area contributed by atoms with Crippen molar-refractivity contribution in [1.82, 2.24) is 4.90 Å². The fourth-order valence-corrected chi connectivity index (χ4v) is 3.23. The van der Waals surface area contributed by atoms with Crippen molar-refractivity contribution in [3.05, 3.63) is 0 Å². The number of amides is 1. The van der Waals surface area contributed by atoms with Gasteiger partial charge in [-0.25, -0.2) is 0 Å². The van der Waals surface area contributed by atoms with E-state index in [4.69, 9.17) is 0 Å². The molecule has 4 nitrogen and oxygen atoms in total. The van der Waals surface area contributed by atoms with Crippen LogP contribution in [0.5, 0.6) is 0 Å². The van der Waals surface area contributed by atoms with Gasteiger partial charge in [0.15, 0.2) is 0 Å². The van der Waals surface area contributed by atoms with Crippen LogP contribution >= 0.6 is 0 Å². The Kier molecular flexibility index (Phi) is 3.93. The molecule has 0 aromatic carbocycles. The van der Waals surface area contributed by atoms with Gasteiger partial charge >= 0.3 is 5.97 Å². The van der Waals surface area contributed by atoms with E-state index in [1.165, 1.54) is 0 Å². The second-order valence-electron chi connectivity index (χ2n) is 5.68. The Bertz CT molecular complexity index is 334. The molecule has 1 heterocycles. The molecule has 2 fully saturated rings. The van der Waals surface area contributed by atoms with Crippen molar-refractivity contribution in [2.45, 2.75) is 64.3 Å². The van der Waals surface area contributed by atoms with Gasteiger partial charge in [-0.15, -0.1) is 0 Å². The van der Waals surface area contributed by atoms with Crippen LogP contribution in [0.4, 0.5) is 0 Å². The Balaban J connectivity index is 2.12. The second-order valence-corrected chi connectivity index (χ2v) is 5.68. The molecule has 1 atom stereocenters. The van der Waals surface area contributed by atoms with Crippen molar-refractivity contribution < 1.29 is 14.7 Å². The van der Waals surface area contributed by atoms with E-state index >= 15 is 0 Å². The third kappa shape index (κ3) is 2.13. The fraction of sp³-hybridized carbons (Fsp3) is 0.857. The number of carboxylic acid groups (broad SMARTS) is 1. The molecule has 0 aromatic heterocycles. The summed E-state index contributed by atoms with van der Waals surface area (Å²) < 4.78 is 0. The van der Waals surface area contributed by atoms with Crippen LogP contribution in [-0.4, -0.2) is 34.5 Å². The summed E-state index contributed by atoms with van der Waals surface area (Å²) in [5.41, 5.74) is -1.08. The van der Waals surface area contributed by atoms with Crippen molar-refractivity contribution in [3.8, 4) is 0 Å². The summed E-state index contributed by atoms with van der Waals surface area (Å²) in [6, 6.07) is 0.271. The van der Waals surface area contributed by atoms with Gasteiger partial charge in [-0.1, -0.05) is 19.8 Å². The lowest BCUT2D eigenvalue weighted by atomic mass is 9.67. The smallest absolute Gasteiger partial charge is 0.319 e. The summed E-state index contributed by atoms with van der Waals surface area (Å²) in [5.74, 6) is -1.03. The van der Waals surface area contributed by atoms with Crippen LogP contribution in [-0.2, 0) is 9.59 Å². The molecule has 102 valence electrons. The standard InChI is InChI=1S/C14H23NO3/c1-2-6-11-7-3-4-10-15(11)12(16)14(13(17)18)8-5-9-14/h11H,2-10H2,1H3,(H,17,18). The van der Waals surface area contributed by atoms with E-state index in [9.17, 15) is 14.7 Å². The molecule has 1 aliphatic heterocycles. The minimum Gasteiger partial charge on any atom is -0.480 e. The first-order valence-electron chi connectivity index (χ1n) is 7.16. The van der Waals surface area contributed by atoms with E-state index in [-0.39, 0.29) is 11.9 Å². The van der Waals surface area contributed by atoms with Crippen LogP contribution in [0.15, 0.2) is 0 Å². The van der Waals surface area contributed by atoms with Crippen molar-refractivity contribution in [3.63, 3.8) is 0 Å². The molecule has 0 aromatic rings. The van der Waals surface area contributed by atoms with Gasteiger partial charge in [-0.05, 0) is 38.5 Å². The molecule has 1 saturated heterocycles. The molecule has 2 rings (SSSR count). The van der Waals surface area contributed by atoms with Gasteiger partial charge in [0.05, 0.1) is 0 Å². The first-order chi connectivity index (χ1) is 8.62. The summed E-state index contributed by atoms with van der Waals surface area (Å²) in [4.78, 5) is 25.9. The van der Waals surface area contributed by atoms with Crippen molar-refractivity contribution in [1.29, 1.82) is 0 Å². The SMILES string of the molecule is CCCC1CCCCN1C(=O)C1(C(=O)O)CCC1. The molecule has 0 bridgehead atoms. The van der Waals surface area contributed by atoms with Crippen LogP contribution < -0.4 is 0 Å². The molecule has 0 spiro atoms. The molecule has 0 radical (unpaired) electrons. The number of carboxylic acids is 1. The Morgan fingerprint density at radius 1 is 1.28 bits per heavy atom. The largest absolute Gasteiger partial charge is 0.480 e. The number of carbonyl (C=O) groups excluding carboxylic acids is 1. The summed E-state index contributed by atoms with van der Waals surface area (Å²) in [7, 11) is 0. The zero-order valence-electron chi connectivity index (χ0n) is 11.2. The van der Waals surface area contributed by atoms with Gasteiger partial charge in [0.1, 0.15) is 5.41 Å². The summed E-state index contributed by atoms with van der Waals surface area (Å²) in [6.45, 7) is 2.87. The Labute approximate surface area is 108 Å². The maximum atomic E-state index is 12.6. The Morgan fingerprint density at radius 3 is 2.50 bits per heavy atom. The molecular weight excluding hydrogens is 230 g/mol. The second kappa shape index (κ2) is 5.29. The van der Waals surface area contributed by atoms with Gasteiger partial charge in [0.2, 0.25) is 5.91 Å². The molecule has 4 heteroatoms. The topological polar surface area (TPSA) is 57.6 Å². The third-order valence-electron chi connectivity index (χ3n) is 4.54. The lowest BCUT2D eigenvalue weighted by Gasteiger charge is -2.44. The molecule has 1 N–H and O–H groups in total. The van der Waals surface area contributed by atoms with E-state index in [2.05, 4.69) is 6.92 Å². The molecule has 1 amide bonds. The van der Waals surface area contributed by atoms with Gasteiger partial charge in [-0.2, -0.15) is 0 Å². The predicted octanol–water partition coefficient (Wildman–Crippen LogP) is 2.42. The fourth-order valence-electron chi connectivity index (χ4n) is 3.23. The minimum absolute atomic E-state index is 0.112. The molecule has 2 aliphatic rings. The number of nitrogens with zero attached hydrogens (tertiary/aromatic N) is 1. The van der Waals surface area contributed by atoms with E-state index in [1.54, 1.807) is 0 Å². The van der Waals surface area contributed by atoms with Crippen LogP contribution in [0.1, 0.15) is 58.3 Å². The van der Waals surface area contributed by atoms with Gasteiger partial charge in [-0.3, -0.25) is 9.59 Å². The zero-order valence-corrected chi connectivity index (χ0v) is 11.2. The first-order valence-corrected chi connectivity index (χ1v) is 7.16. The van der Waals surface area contributed by atoms with Crippen molar-refractivity contribution >= 4 is 11.9 Å². The quantitative estimate of drug-likeness (QED) is 0.783. The van der Waals surface area contributed by atoms with Gasteiger partial charge < -0.3 is 10.0 Å². The van der Waals surface area contributed by atoms with Gasteiger partial charge in [0.25, 0.3) is 0 Å². The first kappa shape index (κ1) is 13.4. The lowest BCUT2D eigenvalue weighted by Crippen LogP contribution is -2.56. The molecule has 1 aliphatic carbocycles. The molecular formula is C14H23NO3. The summed E-state index contributed by atoms with van der Waals surface area (Å²) in [6.07, 6.45) is 7.18. The highest BCUT2D eigenvalue weighted by molar-refractivity contribution is 6.03. The predicted molar refractivity (Wildman–Crippen MR) is 68.2 cm³/mol. The number of piperidine rings is 1.